The van der Waals surface area contributed by atoms with Crippen molar-refractivity contribution >= 4 is 17.3 Å². The van der Waals surface area contributed by atoms with Gasteiger partial charge in [0.15, 0.2) is 0 Å². The minimum absolute atomic E-state index is 0.0979. The average molecular weight is 313 g/mol. The molecule has 5 nitrogen and oxygen atoms in total. The number of hydrogen-bond acceptors (Lipinski definition) is 4. The number of nitrogens with zero attached hydrogens (tertiary/aromatic N) is 1. The van der Waals surface area contributed by atoms with Gasteiger partial charge < -0.3 is 20.3 Å². The summed E-state index contributed by atoms with van der Waals surface area (Å²) < 4.78 is 5.66. The Hall–Kier alpha value is -2.53. The molecule has 0 aliphatic heterocycles. The van der Waals surface area contributed by atoms with Crippen molar-refractivity contribution in [3.8, 4) is 5.75 Å². The maximum atomic E-state index is 12.0. The van der Waals surface area contributed by atoms with Crippen LogP contribution in [0.4, 0.5) is 11.4 Å². The third kappa shape index (κ3) is 6.40. The van der Waals surface area contributed by atoms with Crippen LogP contribution in [0.1, 0.15) is 0 Å². The fourth-order valence-corrected chi connectivity index (χ4v) is 1.95. The first-order valence-corrected chi connectivity index (χ1v) is 7.60. The zero-order valence-electron chi connectivity index (χ0n) is 13.6. The van der Waals surface area contributed by atoms with Gasteiger partial charge in [-0.05, 0) is 38.4 Å². The third-order valence-electron chi connectivity index (χ3n) is 3.15. The van der Waals surface area contributed by atoms with E-state index in [0.717, 1.165) is 23.7 Å². The Morgan fingerprint density at radius 3 is 2.52 bits per heavy atom. The minimum Gasteiger partial charge on any atom is -0.492 e. The molecule has 2 N–H and O–H groups in total. The van der Waals surface area contributed by atoms with Crippen LogP contribution in [0.25, 0.3) is 0 Å². The largest absolute Gasteiger partial charge is 0.492 e. The Morgan fingerprint density at radius 1 is 1.04 bits per heavy atom. The molecule has 0 unspecified atom stereocenters. The van der Waals surface area contributed by atoms with Gasteiger partial charge in [0.05, 0.1) is 6.54 Å². The van der Waals surface area contributed by atoms with E-state index in [1.807, 2.05) is 68.7 Å². The summed E-state index contributed by atoms with van der Waals surface area (Å²) in [5, 5.41) is 5.94. The highest BCUT2D eigenvalue weighted by atomic mass is 16.5. The van der Waals surface area contributed by atoms with Crippen molar-refractivity contribution in [2.75, 3.05) is 44.4 Å². The first-order chi connectivity index (χ1) is 11.1. The van der Waals surface area contributed by atoms with Crippen molar-refractivity contribution in [3.05, 3.63) is 54.6 Å². The standard InChI is InChI=1S/C18H23N3O2/c1-21(2)11-12-23-17-10-6-9-16(13-17)20-18(22)14-19-15-7-4-3-5-8-15/h3-10,13,19H,11-12,14H2,1-2H3,(H,20,22). The molecule has 2 aromatic rings. The molecule has 1 amide bonds. The lowest BCUT2D eigenvalue weighted by molar-refractivity contribution is -0.114. The van der Waals surface area contributed by atoms with E-state index in [0.29, 0.717) is 6.61 Å². The van der Waals surface area contributed by atoms with Gasteiger partial charge in [0, 0.05) is 24.0 Å². The molecular weight excluding hydrogens is 290 g/mol. The fraction of sp³-hybridized carbons (Fsp3) is 0.278. The molecule has 2 aromatic carbocycles. The number of anilines is 2. The van der Waals surface area contributed by atoms with Crippen LogP contribution in [-0.2, 0) is 4.79 Å². The summed E-state index contributed by atoms with van der Waals surface area (Å²) in [7, 11) is 4.00. The summed E-state index contributed by atoms with van der Waals surface area (Å²) in [5.74, 6) is 0.653. The van der Waals surface area contributed by atoms with Crippen molar-refractivity contribution in [2.45, 2.75) is 0 Å². The van der Waals surface area contributed by atoms with Gasteiger partial charge in [-0.25, -0.2) is 0 Å². The Labute approximate surface area is 137 Å². The number of rotatable bonds is 8. The van der Waals surface area contributed by atoms with Crippen molar-refractivity contribution in [1.29, 1.82) is 0 Å². The van der Waals surface area contributed by atoms with Crippen LogP contribution in [-0.4, -0.2) is 44.6 Å². The first-order valence-electron chi connectivity index (χ1n) is 7.60. The molecule has 5 heteroatoms. The molecule has 0 spiro atoms. The zero-order chi connectivity index (χ0) is 16.5. The van der Waals surface area contributed by atoms with Crippen LogP contribution in [0.3, 0.4) is 0 Å². The molecule has 0 aliphatic carbocycles. The summed E-state index contributed by atoms with van der Waals surface area (Å²) in [6.07, 6.45) is 0. The quantitative estimate of drug-likeness (QED) is 0.787. The van der Waals surface area contributed by atoms with Crippen molar-refractivity contribution in [3.63, 3.8) is 0 Å². The summed E-state index contributed by atoms with van der Waals surface area (Å²) in [5.41, 5.74) is 1.65. The number of carbonyl (C=O) groups excluding carboxylic acids is 1. The van der Waals surface area contributed by atoms with Crippen LogP contribution >= 0.6 is 0 Å². The SMILES string of the molecule is CN(C)CCOc1cccc(NC(=O)CNc2ccccc2)c1. The minimum atomic E-state index is -0.0979. The maximum Gasteiger partial charge on any atom is 0.243 e. The molecule has 23 heavy (non-hydrogen) atoms. The molecule has 0 heterocycles. The van der Waals surface area contributed by atoms with Crippen LogP contribution in [0.15, 0.2) is 54.6 Å². The van der Waals surface area contributed by atoms with Gasteiger partial charge in [-0.15, -0.1) is 0 Å². The van der Waals surface area contributed by atoms with Crippen molar-refractivity contribution in [1.82, 2.24) is 4.90 Å². The monoisotopic (exact) mass is 313 g/mol. The Kier molecular flexibility index (Phi) is 6.44. The molecule has 0 saturated heterocycles. The van der Waals surface area contributed by atoms with E-state index in [1.54, 1.807) is 0 Å². The number of hydrogen-bond donors (Lipinski definition) is 2. The van der Waals surface area contributed by atoms with Crippen LogP contribution in [0.2, 0.25) is 0 Å². The normalized spacial score (nSPS) is 10.4. The molecule has 0 atom stereocenters. The highest BCUT2D eigenvalue weighted by molar-refractivity contribution is 5.93. The number of benzene rings is 2. The molecule has 122 valence electrons. The fourth-order valence-electron chi connectivity index (χ4n) is 1.95. The number of likely N-dealkylation sites (N-methyl/N-ethyl adjacent to an activating group) is 1. The van der Waals surface area contributed by atoms with Gasteiger partial charge in [-0.1, -0.05) is 24.3 Å². The summed E-state index contributed by atoms with van der Waals surface area (Å²) in [4.78, 5) is 14.0. The van der Waals surface area contributed by atoms with E-state index in [1.165, 1.54) is 0 Å². The van der Waals surface area contributed by atoms with Gasteiger partial charge in [-0.2, -0.15) is 0 Å². The van der Waals surface area contributed by atoms with Crippen molar-refractivity contribution in [2.24, 2.45) is 0 Å². The maximum absolute atomic E-state index is 12.0. The number of para-hydroxylation sites is 1. The highest BCUT2D eigenvalue weighted by Gasteiger charge is 2.03. The van der Waals surface area contributed by atoms with E-state index in [4.69, 9.17) is 4.74 Å². The highest BCUT2D eigenvalue weighted by Crippen LogP contribution is 2.17. The zero-order valence-corrected chi connectivity index (χ0v) is 13.6. The lowest BCUT2D eigenvalue weighted by atomic mass is 10.3. The number of amides is 1. The van der Waals surface area contributed by atoms with Gasteiger partial charge in [-0.3, -0.25) is 4.79 Å². The Bertz CT molecular complexity index is 615. The second kappa shape index (κ2) is 8.80. The van der Waals surface area contributed by atoms with E-state index in [-0.39, 0.29) is 12.5 Å². The molecule has 0 fully saturated rings. The Balaban J connectivity index is 1.81. The lowest BCUT2D eigenvalue weighted by Crippen LogP contribution is -2.22. The lowest BCUT2D eigenvalue weighted by Gasteiger charge is -2.12. The summed E-state index contributed by atoms with van der Waals surface area (Å²) in [6.45, 7) is 1.67. The molecule has 0 aromatic heterocycles. The van der Waals surface area contributed by atoms with Gasteiger partial charge in [0.25, 0.3) is 0 Å². The summed E-state index contributed by atoms with van der Waals surface area (Å²) >= 11 is 0. The van der Waals surface area contributed by atoms with Gasteiger partial charge in [0.2, 0.25) is 5.91 Å². The third-order valence-corrected chi connectivity index (χ3v) is 3.15. The van der Waals surface area contributed by atoms with Crippen LogP contribution in [0.5, 0.6) is 5.75 Å². The first kappa shape index (κ1) is 16.8. The molecule has 2 rings (SSSR count). The molecule has 0 bridgehead atoms. The molecule has 0 saturated carbocycles. The van der Waals surface area contributed by atoms with Crippen LogP contribution < -0.4 is 15.4 Å². The second-order valence-electron chi connectivity index (χ2n) is 5.45. The van der Waals surface area contributed by atoms with Gasteiger partial charge >= 0.3 is 0 Å². The van der Waals surface area contributed by atoms with Crippen molar-refractivity contribution < 1.29 is 9.53 Å². The summed E-state index contributed by atoms with van der Waals surface area (Å²) in [6, 6.07) is 17.1. The predicted molar refractivity (Wildman–Crippen MR) is 94.1 cm³/mol. The Morgan fingerprint density at radius 2 is 1.78 bits per heavy atom. The van der Waals surface area contributed by atoms with Gasteiger partial charge in [0.1, 0.15) is 12.4 Å². The topological polar surface area (TPSA) is 53.6 Å². The average Bonchev–Trinajstić information content (AvgIpc) is 2.54. The van der Waals surface area contributed by atoms with Crippen LogP contribution in [0, 0.1) is 0 Å². The number of nitrogens with one attached hydrogen (secondary N) is 2. The molecule has 0 aliphatic rings. The van der Waals surface area contributed by atoms with E-state index in [2.05, 4.69) is 15.5 Å². The number of carbonyl (C=O) groups is 1. The molecule has 0 radical (unpaired) electrons. The van der Waals surface area contributed by atoms with E-state index < -0.39 is 0 Å². The van der Waals surface area contributed by atoms with E-state index in [9.17, 15) is 4.79 Å². The second-order valence-corrected chi connectivity index (χ2v) is 5.45. The number of ether oxygens (including phenoxy) is 1. The van der Waals surface area contributed by atoms with E-state index >= 15 is 0 Å². The predicted octanol–water partition coefficient (Wildman–Crippen LogP) is 2.68. The molecular formula is C18H23N3O2. The smallest absolute Gasteiger partial charge is 0.243 e.